The second kappa shape index (κ2) is 6.89. The van der Waals surface area contributed by atoms with Crippen molar-refractivity contribution in [3.63, 3.8) is 0 Å². The van der Waals surface area contributed by atoms with Gasteiger partial charge in [0.2, 0.25) is 0 Å². The average molecular weight is 363 g/mol. The smallest absolute Gasteiger partial charge is 0.161 e. The highest BCUT2D eigenvalue weighted by atomic mass is 79.9. The van der Waals surface area contributed by atoms with Crippen molar-refractivity contribution >= 4 is 38.5 Å². The fourth-order valence-corrected chi connectivity index (χ4v) is 3.90. The fourth-order valence-electron chi connectivity index (χ4n) is 2.25. The molecule has 1 aliphatic rings. The quantitative estimate of drug-likeness (QED) is 0.758. The number of rotatable bonds is 4. The van der Waals surface area contributed by atoms with Crippen LogP contribution in [0, 0.1) is 17.6 Å². The highest BCUT2D eigenvalue weighted by Crippen LogP contribution is 2.32. The molecule has 2 rings (SSSR count). The number of nitrogens with zero attached hydrogens (tertiary/aromatic N) is 1. The number of aliphatic imine (C=N–C) groups is 1. The van der Waals surface area contributed by atoms with Crippen molar-refractivity contribution in [3.8, 4) is 0 Å². The van der Waals surface area contributed by atoms with Crippen LogP contribution in [0.15, 0.2) is 21.6 Å². The maximum absolute atomic E-state index is 13.7. The molecule has 0 saturated carbocycles. The summed E-state index contributed by atoms with van der Waals surface area (Å²) in [5.41, 5.74) is 0.127. The maximum atomic E-state index is 13.7. The van der Waals surface area contributed by atoms with Gasteiger partial charge in [-0.15, -0.1) is 0 Å². The van der Waals surface area contributed by atoms with E-state index in [4.69, 9.17) is 0 Å². The zero-order valence-corrected chi connectivity index (χ0v) is 13.8. The normalized spacial score (nSPS) is 18.5. The summed E-state index contributed by atoms with van der Waals surface area (Å²) >= 11 is 4.58. The van der Waals surface area contributed by atoms with Crippen LogP contribution in [-0.2, 0) is 0 Å². The molecular weight excluding hydrogens is 346 g/mol. The molecule has 110 valence electrons. The number of hydrogen-bond donors (Lipinski definition) is 1. The summed E-state index contributed by atoms with van der Waals surface area (Å²) in [6.07, 6.45) is 2.22. The molecule has 0 spiro atoms. The summed E-state index contributed by atoms with van der Waals surface area (Å²) in [7, 11) is 0. The van der Waals surface area contributed by atoms with E-state index in [1.165, 1.54) is 0 Å². The molecule has 0 bridgehead atoms. The summed E-state index contributed by atoms with van der Waals surface area (Å²) in [6, 6.07) is 2.27. The Kier molecular flexibility index (Phi) is 5.43. The third-order valence-electron chi connectivity index (χ3n) is 3.50. The molecular formula is C14H17BrF2N2S. The minimum Gasteiger partial charge on any atom is -0.332 e. The molecule has 2 nitrogen and oxygen atoms in total. The van der Waals surface area contributed by atoms with Gasteiger partial charge in [0.05, 0.1) is 16.7 Å². The number of halogens is 3. The van der Waals surface area contributed by atoms with E-state index >= 15 is 0 Å². The number of amidine groups is 1. The lowest BCUT2D eigenvalue weighted by Gasteiger charge is -2.18. The molecule has 1 heterocycles. The molecule has 0 radical (unpaired) electrons. The molecule has 0 amide bonds. The van der Waals surface area contributed by atoms with E-state index in [0.717, 1.165) is 31.5 Å². The Labute approximate surface area is 130 Å². The highest BCUT2D eigenvalue weighted by molar-refractivity contribution is 9.10. The van der Waals surface area contributed by atoms with Crippen LogP contribution in [0.25, 0.3) is 0 Å². The van der Waals surface area contributed by atoms with Crippen LogP contribution >= 0.6 is 27.7 Å². The monoisotopic (exact) mass is 362 g/mol. The van der Waals surface area contributed by atoms with E-state index in [9.17, 15) is 8.78 Å². The number of thioether (sulfide) groups is 1. The van der Waals surface area contributed by atoms with E-state index in [0.29, 0.717) is 16.3 Å². The molecule has 1 N–H and O–H groups in total. The van der Waals surface area contributed by atoms with Crippen molar-refractivity contribution < 1.29 is 8.78 Å². The van der Waals surface area contributed by atoms with E-state index in [1.54, 1.807) is 11.8 Å². The molecule has 1 aromatic carbocycles. The second-order valence-corrected chi connectivity index (χ2v) is 6.83. The molecule has 0 aliphatic carbocycles. The first kappa shape index (κ1) is 15.8. The Hall–Kier alpha value is -0.620. The second-order valence-electron chi connectivity index (χ2n) is 4.75. The van der Waals surface area contributed by atoms with Crippen LogP contribution in [-0.4, -0.2) is 17.0 Å². The topological polar surface area (TPSA) is 24.4 Å². The summed E-state index contributed by atoms with van der Waals surface area (Å²) in [6.45, 7) is 5.08. The predicted molar refractivity (Wildman–Crippen MR) is 85.4 cm³/mol. The molecule has 0 saturated heterocycles. The first-order chi connectivity index (χ1) is 9.55. The van der Waals surface area contributed by atoms with Crippen LogP contribution in [0.1, 0.15) is 26.7 Å². The Balaban J connectivity index is 2.04. The molecule has 0 aromatic heterocycles. The first-order valence-electron chi connectivity index (χ1n) is 6.67. The molecule has 1 atom stereocenters. The summed E-state index contributed by atoms with van der Waals surface area (Å²) in [4.78, 5) is 4.39. The van der Waals surface area contributed by atoms with E-state index in [1.807, 2.05) is 0 Å². The van der Waals surface area contributed by atoms with Crippen molar-refractivity contribution in [1.29, 1.82) is 0 Å². The van der Waals surface area contributed by atoms with E-state index in [2.05, 4.69) is 40.1 Å². The Morgan fingerprint density at radius 2 is 2.05 bits per heavy atom. The van der Waals surface area contributed by atoms with Gasteiger partial charge in [-0.25, -0.2) is 8.78 Å². The lowest BCUT2D eigenvalue weighted by molar-refractivity contribution is 0.479. The zero-order valence-electron chi connectivity index (χ0n) is 11.4. The molecule has 20 heavy (non-hydrogen) atoms. The standard InChI is InChI=1S/C14H17BrF2N2S/c1-3-8(4-2)13-7-18-14(20-13)19-12-6-10(16)9(15)5-11(12)17/h5-6,8,13H,3-4,7H2,1-2H3,(H,18,19). The SMILES string of the molecule is CCC(CC)C1CN=C(Nc2cc(F)c(Br)cc2F)S1. The van der Waals surface area contributed by atoms with Crippen LogP contribution in [0.4, 0.5) is 14.5 Å². The number of nitrogens with one attached hydrogen (secondary N) is 1. The van der Waals surface area contributed by atoms with Crippen LogP contribution in [0.5, 0.6) is 0 Å². The molecule has 0 fully saturated rings. The third-order valence-corrected chi connectivity index (χ3v) is 5.40. The lowest BCUT2D eigenvalue weighted by atomic mass is 9.99. The van der Waals surface area contributed by atoms with Gasteiger partial charge < -0.3 is 5.32 Å². The lowest BCUT2D eigenvalue weighted by Crippen LogP contribution is -2.17. The van der Waals surface area contributed by atoms with Crippen LogP contribution in [0.2, 0.25) is 0 Å². The average Bonchev–Trinajstić information content (AvgIpc) is 2.86. The van der Waals surface area contributed by atoms with Crippen molar-refractivity contribution in [3.05, 3.63) is 28.2 Å². The van der Waals surface area contributed by atoms with Gasteiger partial charge in [0.1, 0.15) is 11.6 Å². The molecule has 1 unspecified atom stereocenters. The van der Waals surface area contributed by atoms with Gasteiger partial charge in [0, 0.05) is 11.3 Å². The first-order valence-corrected chi connectivity index (χ1v) is 8.35. The fraction of sp³-hybridized carbons (Fsp3) is 0.500. The Morgan fingerprint density at radius 1 is 1.35 bits per heavy atom. The molecule has 1 aromatic rings. The zero-order chi connectivity index (χ0) is 14.7. The molecule has 1 aliphatic heterocycles. The maximum Gasteiger partial charge on any atom is 0.161 e. The van der Waals surface area contributed by atoms with Crippen LogP contribution < -0.4 is 5.32 Å². The summed E-state index contributed by atoms with van der Waals surface area (Å²) in [5.74, 6) is -0.379. The van der Waals surface area contributed by atoms with Crippen LogP contribution in [0.3, 0.4) is 0 Å². The largest absolute Gasteiger partial charge is 0.332 e. The minimum atomic E-state index is -0.493. The predicted octanol–water partition coefficient (Wildman–Crippen LogP) is 5.05. The van der Waals surface area contributed by atoms with E-state index in [-0.39, 0.29) is 10.2 Å². The third kappa shape index (κ3) is 3.52. The summed E-state index contributed by atoms with van der Waals surface area (Å²) < 4.78 is 27.3. The highest BCUT2D eigenvalue weighted by Gasteiger charge is 2.26. The van der Waals surface area contributed by atoms with Crippen molar-refractivity contribution in [2.45, 2.75) is 31.9 Å². The molecule has 6 heteroatoms. The minimum absolute atomic E-state index is 0.122. The van der Waals surface area contributed by atoms with Crippen molar-refractivity contribution in [2.75, 3.05) is 11.9 Å². The van der Waals surface area contributed by atoms with Gasteiger partial charge in [-0.3, -0.25) is 4.99 Å². The van der Waals surface area contributed by atoms with Crippen molar-refractivity contribution in [1.82, 2.24) is 0 Å². The Bertz CT molecular complexity index is 518. The number of hydrogen-bond acceptors (Lipinski definition) is 3. The number of benzene rings is 1. The van der Waals surface area contributed by atoms with E-state index < -0.39 is 11.6 Å². The van der Waals surface area contributed by atoms with Crippen molar-refractivity contribution in [2.24, 2.45) is 10.9 Å². The summed E-state index contributed by atoms with van der Waals surface area (Å²) in [5, 5.41) is 3.98. The number of anilines is 1. The van der Waals surface area contributed by atoms with Gasteiger partial charge in [0.15, 0.2) is 5.17 Å². The van der Waals surface area contributed by atoms with Gasteiger partial charge in [-0.05, 0) is 27.9 Å². The van der Waals surface area contributed by atoms with Gasteiger partial charge in [0.25, 0.3) is 0 Å². The van der Waals surface area contributed by atoms with Gasteiger partial charge in [-0.2, -0.15) is 0 Å². The van der Waals surface area contributed by atoms with Gasteiger partial charge in [-0.1, -0.05) is 38.5 Å². The Morgan fingerprint density at radius 3 is 2.70 bits per heavy atom. The van der Waals surface area contributed by atoms with Gasteiger partial charge >= 0.3 is 0 Å².